The number of carbonyl (C=O) groups is 1. The van der Waals surface area contributed by atoms with E-state index >= 15 is 0 Å². The van der Waals surface area contributed by atoms with Crippen molar-refractivity contribution in [1.82, 2.24) is 4.90 Å². The third-order valence-corrected chi connectivity index (χ3v) is 4.74. The summed E-state index contributed by atoms with van der Waals surface area (Å²) >= 11 is 2.26. The molecule has 2 rings (SSSR count). The van der Waals surface area contributed by atoms with Crippen LogP contribution in [0.1, 0.15) is 37.0 Å². The standard InChI is InChI=1S/C15H20INO/c1-11-4-3-9-17(12(11)2)10-15(18)13-5-7-14(16)8-6-13/h5-8,11-12H,3-4,9-10H2,1-2H3. The number of hydrogen-bond acceptors (Lipinski definition) is 2. The molecule has 0 aromatic heterocycles. The SMILES string of the molecule is CC1CCCN(CC(=O)c2ccc(I)cc2)C1C. The summed E-state index contributed by atoms with van der Waals surface area (Å²) in [5.74, 6) is 0.940. The molecule has 18 heavy (non-hydrogen) atoms. The topological polar surface area (TPSA) is 20.3 Å². The van der Waals surface area contributed by atoms with Crippen molar-refractivity contribution < 1.29 is 4.79 Å². The third-order valence-electron chi connectivity index (χ3n) is 4.02. The summed E-state index contributed by atoms with van der Waals surface area (Å²) in [5.41, 5.74) is 0.834. The van der Waals surface area contributed by atoms with Gasteiger partial charge in [-0.3, -0.25) is 9.69 Å². The summed E-state index contributed by atoms with van der Waals surface area (Å²) in [6, 6.07) is 8.38. The van der Waals surface area contributed by atoms with E-state index in [0.29, 0.717) is 18.5 Å². The number of nitrogens with zero attached hydrogens (tertiary/aromatic N) is 1. The molecule has 0 radical (unpaired) electrons. The molecule has 1 heterocycles. The van der Waals surface area contributed by atoms with E-state index in [4.69, 9.17) is 0 Å². The number of likely N-dealkylation sites (tertiary alicyclic amines) is 1. The van der Waals surface area contributed by atoms with E-state index in [1.165, 1.54) is 16.4 Å². The number of hydrogen-bond donors (Lipinski definition) is 0. The van der Waals surface area contributed by atoms with Gasteiger partial charge in [-0.25, -0.2) is 0 Å². The largest absolute Gasteiger partial charge is 0.293 e. The van der Waals surface area contributed by atoms with Gasteiger partial charge in [-0.05, 0) is 67.0 Å². The van der Waals surface area contributed by atoms with Crippen LogP contribution in [-0.2, 0) is 0 Å². The lowest BCUT2D eigenvalue weighted by Crippen LogP contribution is -2.44. The number of piperidine rings is 1. The normalized spacial score (nSPS) is 25.1. The minimum atomic E-state index is 0.243. The molecule has 1 aliphatic heterocycles. The minimum absolute atomic E-state index is 0.243. The van der Waals surface area contributed by atoms with Crippen LogP contribution < -0.4 is 0 Å². The van der Waals surface area contributed by atoms with Crippen LogP contribution in [0, 0.1) is 9.49 Å². The average molecular weight is 357 g/mol. The molecule has 1 aromatic carbocycles. The summed E-state index contributed by atoms with van der Waals surface area (Å²) in [5, 5.41) is 0. The predicted molar refractivity (Wildman–Crippen MR) is 82.9 cm³/mol. The number of halogens is 1. The van der Waals surface area contributed by atoms with Gasteiger partial charge in [0.05, 0.1) is 6.54 Å². The first kappa shape index (κ1) is 14.0. The lowest BCUT2D eigenvalue weighted by atomic mass is 9.91. The fraction of sp³-hybridized carbons (Fsp3) is 0.533. The molecule has 2 nitrogen and oxygen atoms in total. The zero-order chi connectivity index (χ0) is 13.1. The van der Waals surface area contributed by atoms with Crippen molar-refractivity contribution in [2.75, 3.05) is 13.1 Å². The highest BCUT2D eigenvalue weighted by Crippen LogP contribution is 2.23. The molecule has 1 aliphatic rings. The fourth-order valence-electron chi connectivity index (χ4n) is 2.56. The Morgan fingerprint density at radius 2 is 2.00 bits per heavy atom. The first-order chi connectivity index (χ1) is 8.58. The van der Waals surface area contributed by atoms with Gasteiger partial charge in [0.1, 0.15) is 0 Å². The first-order valence-corrected chi connectivity index (χ1v) is 7.68. The third kappa shape index (κ3) is 3.32. The van der Waals surface area contributed by atoms with Crippen LogP contribution in [0.25, 0.3) is 0 Å². The maximum Gasteiger partial charge on any atom is 0.176 e. The van der Waals surface area contributed by atoms with E-state index in [2.05, 4.69) is 41.3 Å². The van der Waals surface area contributed by atoms with Crippen molar-refractivity contribution in [3.05, 3.63) is 33.4 Å². The monoisotopic (exact) mass is 357 g/mol. The lowest BCUT2D eigenvalue weighted by molar-refractivity contribution is 0.0779. The van der Waals surface area contributed by atoms with Crippen LogP contribution in [0.2, 0.25) is 0 Å². The number of rotatable bonds is 3. The van der Waals surface area contributed by atoms with E-state index < -0.39 is 0 Å². The van der Waals surface area contributed by atoms with Crippen LogP contribution in [0.4, 0.5) is 0 Å². The molecule has 3 heteroatoms. The van der Waals surface area contributed by atoms with Crippen molar-refractivity contribution >= 4 is 28.4 Å². The van der Waals surface area contributed by atoms with E-state index in [9.17, 15) is 4.79 Å². The lowest BCUT2D eigenvalue weighted by Gasteiger charge is -2.37. The van der Waals surface area contributed by atoms with Crippen molar-refractivity contribution in [2.24, 2.45) is 5.92 Å². The highest BCUT2D eigenvalue weighted by molar-refractivity contribution is 14.1. The summed E-state index contributed by atoms with van der Waals surface area (Å²) in [6.07, 6.45) is 2.50. The van der Waals surface area contributed by atoms with E-state index in [0.717, 1.165) is 12.1 Å². The second kappa shape index (κ2) is 6.15. The molecule has 2 unspecified atom stereocenters. The maximum absolute atomic E-state index is 12.2. The maximum atomic E-state index is 12.2. The fourth-order valence-corrected chi connectivity index (χ4v) is 2.92. The van der Waals surface area contributed by atoms with Gasteiger partial charge in [0.2, 0.25) is 0 Å². The van der Waals surface area contributed by atoms with Crippen molar-refractivity contribution in [2.45, 2.75) is 32.7 Å². The second-order valence-electron chi connectivity index (χ2n) is 5.26. The molecule has 0 aliphatic carbocycles. The highest BCUT2D eigenvalue weighted by atomic mass is 127. The van der Waals surface area contributed by atoms with Gasteiger partial charge in [0, 0.05) is 15.2 Å². The van der Waals surface area contributed by atoms with Gasteiger partial charge in [-0.2, -0.15) is 0 Å². The zero-order valence-corrected chi connectivity index (χ0v) is 13.2. The molecule has 0 N–H and O–H groups in total. The first-order valence-electron chi connectivity index (χ1n) is 6.60. The quantitative estimate of drug-likeness (QED) is 0.609. The van der Waals surface area contributed by atoms with Gasteiger partial charge in [-0.15, -0.1) is 0 Å². The van der Waals surface area contributed by atoms with Gasteiger partial charge < -0.3 is 0 Å². The summed E-state index contributed by atoms with van der Waals surface area (Å²) < 4.78 is 1.17. The minimum Gasteiger partial charge on any atom is -0.293 e. The Bertz CT molecular complexity index is 415. The van der Waals surface area contributed by atoms with Crippen molar-refractivity contribution in [1.29, 1.82) is 0 Å². The average Bonchev–Trinajstić information content (AvgIpc) is 2.36. The van der Waals surface area contributed by atoms with Crippen LogP contribution in [-0.4, -0.2) is 29.8 Å². The van der Waals surface area contributed by atoms with Crippen LogP contribution in [0.3, 0.4) is 0 Å². The molecule has 1 fully saturated rings. The van der Waals surface area contributed by atoms with Gasteiger partial charge >= 0.3 is 0 Å². The summed E-state index contributed by atoms with van der Waals surface area (Å²) in [7, 11) is 0. The highest BCUT2D eigenvalue weighted by Gasteiger charge is 2.26. The number of carbonyl (C=O) groups excluding carboxylic acids is 1. The van der Waals surface area contributed by atoms with Crippen molar-refractivity contribution in [3.8, 4) is 0 Å². The van der Waals surface area contributed by atoms with Crippen LogP contribution in [0.5, 0.6) is 0 Å². The van der Waals surface area contributed by atoms with Crippen molar-refractivity contribution in [3.63, 3.8) is 0 Å². The molecule has 2 atom stereocenters. The smallest absolute Gasteiger partial charge is 0.176 e. The number of Topliss-reactive ketones (excluding diaryl/α,β-unsaturated/α-hetero) is 1. The second-order valence-corrected chi connectivity index (χ2v) is 6.51. The summed E-state index contributed by atoms with van der Waals surface area (Å²) in [4.78, 5) is 14.6. The summed E-state index contributed by atoms with van der Waals surface area (Å²) in [6.45, 7) is 6.14. The Hall–Kier alpha value is -0.420. The Kier molecular flexibility index (Phi) is 4.78. The van der Waals surface area contributed by atoms with Crippen LogP contribution in [0.15, 0.2) is 24.3 Å². The van der Waals surface area contributed by atoms with Crippen LogP contribution >= 0.6 is 22.6 Å². The molecular formula is C15H20INO. The van der Waals surface area contributed by atoms with Gasteiger partial charge in [0.25, 0.3) is 0 Å². The van der Waals surface area contributed by atoms with E-state index in [1.807, 2.05) is 24.3 Å². The molecule has 1 aromatic rings. The van der Waals surface area contributed by atoms with E-state index in [-0.39, 0.29) is 5.78 Å². The molecule has 98 valence electrons. The molecule has 0 spiro atoms. The Morgan fingerprint density at radius 1 is 1.33 bits per heavy atom. The Morgan fingerprint density at radius 3 is 2.67 bits per heavy atom. The molecule has 0 amide bonds. The van der Waals surface area contributed by atoms with Gasteiger partial charge in [0.15, 0.2) is 5.78 Å². The molecule has 0 bridgehead atoms. The number of ketones is 1. The molecule has 0 saturated carbocycles. The Balaban J connectivity index is 2.00. The molecular weight excluding hydrogens is 337 g/mol. The van der Waals surface area contributed by atoms with E-state index in [1.54, 1.807) is 0 Å². The zero-order valence-electron chi connectivity index (χ0n) is 11.0. The predicted octanol–water partition coefficient (Wildman–Crippen LogP) is 3.59. The Labute approximate surface area is 123 Å². The molecule has 1 saturated heterocycles. The van der Waals surface area contributed by atoms with Gasteiger partial charge in [-0.1, -0.05) is 19.1 Å². The number of benzene rings is 1.